The molecule has 3 nitrogen and oxygen atoms in total. The lowest BCUT2D eigenvalue weighted by molar-refractivity contribution is 0.0981. The highest BCUT2D eigenvalue weighted by Crippen LogP contribution is 2.16. The summed E-state index contributed by atoms with van der Waals surface area (Å²) in [6.45, 7) is 2.08. The third-order valence-corrected chi connectivity index (χ3v) is 2.56. The standard InChI is InChI=1S/C13H14N2O/c1-2-3-7-12(16)10-5-4-6-11-13(10)15-9-8-14-11/h4-6,8-9H,2-3,7H2,1H3. The normalized spacial score (nSPS) is 10.6. The highest BCUT2D eigenvalue weighted by Gasteiger charge is 2.10. The van der Waals surface area contributed by atoms with Gasteiger partial charge in [-0.1, -0.05) is 19.4 Å². The first kappa shape index (κ1) is 10.7. The molecule has 3 heteroatoms. The Morgan fingerprint density at radius 2 is 2.06 bits per heavy atom. The van der Waals surface area contributed by atoms with E-state index in [-0.39, 0.29) is 5.78 Å². The molecule has 0 aliphatic rings. The van der Waals surface area contributed by atoms with Crippen molar-refractivity contribution >= 4 is 16.8 Å². The van der Waals surface area contributed by atoms with Crippen molar-refractivity contribution in [3.05, 3.63) is 36.2 Å². The van der Waals surface area contributed by atoms with Crippen LogP contribution in [-0.4, -0.2) is 15.8 Å². The van der Waals surface area contributed by atoms with E-state index < -0.39 is 0 Å². The maximum Gasteiger partial charge on any atom is 0.165 e. The van der Waals surface area contributed by atoms with Crippen LogP contribution >= 0.6 is 0 Å². The summed E-state index contributed by atoms with van der Waals surface area (Å²) < 4.78 is 0. The molecule has 1 heterocycles. The number of hydrogen-bond donors (Lipinski definition) is 0. The molecule has 0 N–H and O–H groups in total. The molecule has 0 bridgehead atoms. The Morgan fingerprint density at radius 1 is 1.25 bits per heavy atom. The summed E-state index contributed by atoms with van der Waals surface area (Å²) in [6.07, 6.45) is 5.81. The lowest BCUT2D eigenvalue weighted by Crippen LogP contribution is -2.01. The van der Waals surface area contributed by atoms with E-state index in [1.165, 1.54) is 0 Å². The van der Waals surface area contributed by atoms with Crippen molar-refractivity contribution in [3.63, 3.8) is 0 Å². The summed E-state index contributed by atoms with van der Waals surface area (Å²) in [6, 6.07) is 5.56. The molecule has 0 amide bonds. The van der Waals surface area contributed by atoms with Crippen LogP contribution in [0.1, 0.15) is 36.5 Å². The SMILES string of the molecule is CCCCC(=O)c1cccc2nccnc12. The van der Waals surface area contributed by atoms with E-state index in [0.717, 1.165) is 18.4 Å². The fourth-order valence-corrected chi connectivity index (χ4v) is 1.69. The number of ketones is 1. The summed E-state index contributed by atoms with van der Waals surface area (Å²) in [5.74, 6) is 0.160. The van der Waals surface area contributed by atoms with Crippen molar-refractivity contribution in [3.8, 4) is 0 Å². The van der Waals surface area contributed by atoms with Gasteiger partial charge in [0.2, 0.25) is 0 Å². The van der Waals surface area contributed by atoms with Gasteiger partial charge in [-0.05, 0) is 18.6 Å². The Balaban J connectivity index is 2.40. The Hall–Kier alpha value is -1.77. The lowest BCUT2D eigenvalue weighted by Gasteiger charge is -2.03. The van der Waals surface area contributed by atoms with E-state index in [9.17, 15) is 4.79 Å². The summed E-state index contributed by atoms with van der Waals surface area (Å²) >= 11 is 0. The molecule has 0 saturated heterocycles. The Kier molecular flexibility index (Phi) is 3.25. The zero-order chi connectivity index (χ0) is 11.4. The molecule has 2 rings (SSSR count). The second kappa shape index (κ2) is 4.84. The molecule has 82 valence electrons. The van der Waals surface area contributed by atoms with Crippen molar-refractivity contribution in [2.24, 2.45) is 0 Å². The molecule has 1 aromatic carbocycles. The minimum absolute atomic E-state index is 0.160. The molecule has 0 spiro atoms. The lowest BCUT2D eigenvalue weighted by atomic mass is 10.0. The predicted octanol–water partition coefficient (Wildman–Crippen LogP) is 3.00. The molecule has 0 fully saturated rings. The van der Waals surface area contributed by atoms with Gasteiger partial charge in [-0.2, -0.15) is 0 Å². The topological polar surface area (TPSA) is 42.9 Å². The van der Waals surface area contributed by atoms with Crippen LogP contribution in [0, 0.1) is 0 Å². The van der Waals surface area contributed by atoms with Gasteiger partial charge in [-0.3, -0.25) is 14.8 Å². The molecule has 1 aromatic heterocycles. The number of rotatable bonds is 4. The second-order valence-corrected chi connectivity index (χ2v) is 3.76. The number of hydrogen-bond acceptors (Lipinski definition) is 3. The number of unbranched alkanes of at least 4 members (excludes halogenated alkanes) is 1. The van der Waals surface area contributed by atoms with Gasteiger partial charge in [0, 0.05) is 24.4 Å². The van der Waals surface area contributed by atoms with E-state index in [1.54, 1.807) is 12.4 Å². The summed E-state index contributed by atoms with van der Waals surface area (Å²) in [5, 5.41) is 0. The Morgan fingerprint density at radius 3 is 2.88 bits per heavy atom. The van der Waals surface area contributed by atoms with Crippen molar-refractivity contribution in [1.29, 1.82) is 0 Å². The fourth-order valence-electron chi connectivity index (χ4n) is 1.69. The molecule has 0 unspecified atom stereocenters. The Bertz CT molecular complexity index is 503. The third kappa shape index (κ3) is 2.08. The molecular weight excluding hydrogens is 200 g/mol. The molecule has 0 aliphatic carbocycles. The molecule has 16 heavy (non-hydrogen) atoms. The zero-order valence-electron chi connectivity index (χ0n) is 9.31. The first-order chi connectivity index (χ1) is 7.83. The summed E-state index contributed by atoms with van der Waals surface area (Å²) in [4.78, 5) is 20.4. The van der Waals surface area contributed by atoms with Gasteiger partial charge < -0.3 is 0 Å². The smallest absolute Gasteiger partial charge is 0.165 e. The number of para-hydroxylation sites is 1. The second-order valence-electron chi connectivity index (χ2n) is 3.76. The predicted molar refractivity (Wildman–Crippen MR) is 63.4 cm³/mol. The van der Waals surface area contributed by atoms with Crippen LogP contribution in [0.25, 0.3) is 11.0 Å². The molecular formula is C13H14N2O. The van der Waals surface area contributed by atoms with Crippen LogP contribution < -0.4 is 0 Å². The highest BCUT2D eigenvalue weighted by atomic mass is 16.1. The van der Waals surface area contributed by atoms with Gasteiger partial charge in [0.05, 0.1) is 11.0 Å². The number of aromatic nitrogens is 2. The van der Waals surface area contributed by atoms with E-state index in [2.05, 4.69) is 16.9 Å². The van der Waals surface area contributed by atoms with Crippen molar-refractivity contribution in [1.82, 2.24) is 9.97 Å². The van der Waals surface area contributed by atoms with Crippen LogP contribution in [-0.2, 0) is 0 Å². The maximum absolute atomic E-state index is 11.9. The van der Waals surface area contributed by atoms with Crippen LogP contribution in [0.3, 0.4) is 0 Å². The van der Waals surface area contributed by atoms with Gasteiger partial charge in [0.15, 0.2) is 5.78 Å². The van der Waals surface area contributed by atoms with Gasteiger partial charge in [0.1, 0.15) is 0 Å². The van der Waals surface area contributed by atoms with Crippen LogP contribution in [0.4, 0.5) is 0 Å². The number of benzene rings is 1. The first-order valence-corrected chi connectivity index (χ1v) is 5.56. The molecule has 0 atom stereocenters. The minimum Gasteiger partial charge on any atom is -0.294 e. The molecule has 0 saturated carbocycles. The van der Waals surface area contributed by atoms with Gasteiger partial charge in [0.25, 0.3) is 0 Å². The number of Topliss-reactive ketones (excluding diaryl/α,β-unsaturated/α-hetero) is 1. The van der Waals surface area contributed by atoms with E-state index >= 15 is 0 Å². The number of fused-ring (bicyclic) bond motifs is 1. The summed E-state index contributed by atoms with van der Waals surface area (Å²) in [5.41, 5.74) is 2.19. The van der Waals surface area contributed by atoms with Crippen LogP contribution in [0.2, 0.25) is 0 Å². The highest BCUT2D eigenvalue weighted by molar-refractivity contribution is 6.05. The average molecular weight is 214 g/mol. The number of nitrogens with zero attached hydrogens (tertiary/aromatic N) is 2. The quantitative estimate of drug-likeness (QED) is 0.735. The van der Waals surface area contributed by atoms with Crippen molar-refractivity contribution in [2.75, 3.05) is 0 Å². The van der Waals surface area contributed by atoms with Crippen LogP contribution in [0.5, 0.6) is 0 Å². The van der Waals surface area contributed by atoms with Gasteiger partial charge >= 0.3 is 0 Å². The molecule has 0 radical (unpaired) electrons. The van der Waals surface area contributed by atoms with E-state index in [1.807, 2.05) is 18.2 Å². The van der Waals surface area contributed by atoms with Crippen molar-refractivity contribution in [2.45, 2.75) is 26.2 Å². The monoisotopic (exact) mass is 214 g/mol. The van der Waals surface area contributed by atoms with Gasteiger partial charge in [-0.25, -0.2) is 0 Å². The largest absolute Gasteiger partial charge is 0.294 e. The molecule has 2 aromatic rings. The fraction of sp³-hybridized carbons (Fsp3) is 0.308. The number of carbonyl (C=O) groups excluding carboxylic acids is 1. The average Bonchev–Trinajstić information content (AvgIpc) is 2.35. The summed E-state index contributed by atoms with van der Waals surface area (Å²) in [7, 11) is 0. The van der Waals surface area contributed by atoms with Gasteiger partial charge in [-0.15, -0.1) is 0 Å². The maximum atomic E-state index is 11.9. The van der Waals surface area contributed by atoms with E-state index in [0.29, 0.717) is 17.5 Å². The van der Waals surface area contributed by atoms with Crippen LogP contribution in [0.15, 0.2) is 30.6 Å². The minimum atomic E-state index is 0.160. The number of carbonyl (C=O) groups is 1. The first-order valence-electron chi connectivity index (χ1n) is 5.56. The Labute approximate surface area is 94.5 Å². The third-order valence-electron chi connectivity index (χ3n) is 2.56. The zero-order valence-corrected chi connectivity index (χ0v) is 9.31. The van der Waals surface area contributed by atoms with Crippen molar-refractivity contribution < 1.29 is 4.79 Å². The molecule has 0 aliphatic heterocycles. The van der Waals surface area contributed by atoms with E-state index in [4.69, 9.17) is 0 Å².